The first kappa shape index (κ1) is 18.4. The van der Waals surface area contributed by atoms with Crippen LogP contribution in [-0.4, -0.2) is 29.2 Å². The minimum absolute atomic E-state index is 0.0488. The van der Waals surface area contributed by atoms with Crippen LogP contribution in [0.4, 0.5) is 4.39 Å². The van der Waals surface area contributed by atoms with Crippen molar-refractivity contribution in [1.82, 2.24) is 10.1 Å². The fourth-order valence-corrected chi connectivity index (χ4v) is 4.86. The highest BCUT2D eigenvalue weighted by Gasteiger charge is 2.38. The van der Waals surface area contributed by atoms with E-state index in [2.05, 4.69) is 34.3 Å². The van der Waals surface area contributed by atoms with Crippen molar-refractivity contribution in [3.63, 3.8) is 0 Å². The third-order valence-electron chi connectivity index (χ3n) is 6.25. The van der Waals surface area contributed by atoms with E-state index in [1.807, 2.05) is 6.92 Å². The van der Waals surface area contributed by atoms with Crippen LogP contribution < -0.4 is 4.74 Å². The van der Waals surface area contributed by atoms with Gasteiger partial charge in [-0.15, -0.1) is 0 Å². The molecular formula is C24H25FN2O2. The smallest absolute Gasteiger partial charge is 0.141 e. The van der Waals surface area contributed by atoms with Crippen LogP contribution in [0, 0.1) is 19.7 Å². The molecule has 1 fully saturated rings. The third kappa shape index (κ3) is 3.23. The van der Waals surface area contributed by atoms with Crippen LogP contribution in [0.2, 0.25) is 0 Å². The Morgan fingerprint density at radius 1 is 1.10 bits per heavy atom. The Labute approximate surface area is 170 Å². The van der Waals surface area contributed by atoms with Gasteiger partial charge in [0.25, 0.3) is 0 Å². The molecule has 2 aromatic carbocycles. The van der Waals surface area contributed by atoms with Crippen molar-refractivity contribution in [2.24, 2.45) is 0 Å². The van der Waals surface area contributed by atoms with Gasteiger partial charge in [0.1, 0.15) is 23.4 Å². The van der Waals surface area contributed by atoms with Gasteiger partial charge in [-0.1, -0.05) is 29.4 Å². The molecule has 2 heterocycles. The normalized spacial score (nSPS) is 21.5. The lowest BCUT2D eigenvalue weighted by atomic mass is 10.0. The van der Waals surface area contributed by atoms with E-state index in [9.17, 15) is 4.39 Å². The second-order valence-electron chi connectivity index (χ2n) is 8.09. The highest BCUT2D eigenvalue weighted by molar-refractivity contribution is 5.69. The predicted octanol–water partition coefficient (Wildman–Crippen LogP) is 5.24. The van der Waals surface area contributed by atoms with E-state index in [0.717, 1.165) is 19.5 Å². The Morgan fingerprint density at radius 3 is 2.66 bits per heavy atom. The molecule has 1 aromatic heterocycles. The number of nitrogens with zero attached hydrogens (tertiary/aromatic N) is 2. The Bertz CT molecular complexity index is 1020. The molecule has 0 unspecified atom stereocenters. The van der Waals surface area contributed by atoms with E-state index >= 15 is 0 Å². The monoisotopic (exact) mass is 392 g/mol. The molecule has 5 heteroatoms. The van der Waals surface area contributed by atoms with E-state index in [4.69, 9.17) is 9.26 Å². The van der Waals surface area contributed by atoms with Gasteiger partial charge >= 0.3 is 0 Å². The number of benzene rings is 2. The summed E-state index contributed by atoms with van der Waals surface area (Å²) < 4.78 is 26.4. The summed E-state index contributed by atoms with van der Waals surface area (Å²) in [5, 5.41) is 3.97. The maximum absolute atomic E-state index is 14.6. The zero-order chi connectivity index (χ0) is 20.0. The molecule has 4 nitrogen and oxygen atoms in total. The first-order chi connectivity index (χ1) is 14.1. The largest absolute Gasteiger partial charge is 0.484 e. The van der Waals surface area contributed by atoms with Gasteiger partial charge in [0.2, 0.25) is 0 Å². The number of rotatable bonds is 4. The van der Waals surface area contributed by atoms with Crippen LogP contribution in [0.25, 0.3) is 11.1 Å². The first-order valence-electron chi connectivity index (χ1n) is 10.3. The molecule has 150 valence electrons. The maximum atomic E-state index is 14.6. The number of aromatic nitrogens is 1. The standard InChI is InChI=1S/C24H25FN2O2/c1-15-23(16(2)29-26-15)20-14-18(9-10-21(20)25)28-24-19-8-4-3-7-17(19)13-22(24)27-11-5-6-12-27/h3-4,7-10,14,22,24H,5-6,11-13H2,1-2H3/t22-,24-/m0/s1. The lowest BCUT2D eigenvalue weighted by Crippen LogP contribution is -2.38. The van der Waals surface area contributed by atoms with Crippen LogP contribution in [0.5, 0.6) is 5.75 Å². The number of fused-ring (bicyclic) bond motifs is 1. The van der Waals surface area contributed by atoms with Crippen LogP contribution in [0.3, 0.4) is 0 Å². The Hall–Kier alpha value is -2.66. The van der Waals surface area contributed by atoms with E-state index in [1.165, 1.54) is 30.0 Å². The molecule has 1 saturated heterocycles. The van der Waals surface area contributed by atoms with E-state index < -0.39 is 0 Å². The summed E-state index contributed by atoms with van der Waals surface area (Å²) in [7, 11) is 0. The summed E-state index contributed by atoms with van der Waals surface area (Å²) in [6, 6.07) is 13.8. The number of aryl methyl sites for hydroxylation is 2. The average Bonchev–Trinajstić information content (AvgIpc) is 3.44. The zero-order valence-corrected chi connectivity index (χ0v) is 16.8. The second-order valence-corrected chi connectivity index (χ2v) is 8.09. The molecule has 2 aliphatic rings. The summed E-state index contributed by atoms with van der Waals surface area (Å²) in [5.41, 5.74) is 4.45. The van der Waals surface area contributed by atoms with Gasteiger partial charge in [0.15, 0.2) is 0 Å². The molecule has 0 N–H and O–H groups in total. The van der Waals surface area contributed by atoms with Crippen molar-refractivity contribution in [3.05, 3.63) is 70.9 Å². The van der Waals surface area contributed by atoms with E-state index in [0.29, 0.717) is 34.4 Å². The highest BCUT2D eigenvalue weighted by atomic mass is 19.1. The van der Waals surface area contributed by atoms with Gasteiger partial charge < -0.3 is 9.26 Å². The third-order valence-corrected chi connectivity index (χ3v) is 6.25. The number of likely N-dealkylation sites (tertiary alicyclic amines) is 1. The lowest BCUT2D eigenvalue weighted by Gasteiger charge is -2.30. The molecule has 0 saturated carbocycles. The average molecular weight is 392 g/mol. The molecule has 29 heavy (non-hydrogen) atoms. The number of ether oxygens (including phenoxy) is 1. The molecular weight excluding hydrogens is 367 g/mol. The molecule has 1 aliphatic carbocycles. The number of hydrogen-bond acceptors (Lipinski definition) is 4. The van der Waals surface area contributed by atoms with Crippen LogP contribution in [-0.2, 0) is 6.42 Å². The summed E-state index contributed by atoms with van der Waals surface area (Å²) in [6.45, 7) is 5.87. The van der Waals surface area contributed by atoms with Gasteiger partial charge in [0, 0.05) is 5.56 Å². The summed E-state index contributed by atoms with van der Waals surface area (Å²) in [4.78, 5) is 2.55. The summed E-state index contributed by atoms with van der Waals surface area (Å²) in [6.07, 6.45) is 3.43. The first-order valence-corrected chi connectivity index (χ1v) is 10.3. The Morgan fingerprint density at radius 2 is 1.90 bits per heavy atom. The van der Waals surface area contributed by atoms with Crippen molar-refractivity contribution in [1.29, 1.82) is 0 Å². The van der Waals surface area contributed by atoms with Crippen molar-refractivity contribution in [2.45, 2.75) is 45.3 Å². The van der Waals surface area contributed by atoms with Crippen LogP contribution >= 0.6 is 0 Å². The fraction of sp³-hybridized carbons (Fsp3) is 0.375. The number of hydrogen-bond donors (Lipinski definition) is 0. The van der Waals surface area contributed by atoms with Crippen LogP contribution in [0.1, 0.15) is 41.5 Å². The quantitative estimate of drug-likeness (QED) is 0.609. The molecule has 5 rings (SSSR count). The molecule has 0 bridgehead atoms. The lowest BCUT2D eigenvalue weighted by molar-refractivity contribution is 0.0941. The molecule has 0 radical (unpaired) electrons. The predicted molar refractivity (Wildman–Crippen MR) is 109 cm³/mol. The highest BCUT2D eigenvalue weighted by Crippen LogP contribution is 2.40. The Kier molecular flexibility index (Phi) is 4.63. The van der Waals surface area contributed by atoms with Crippen molar-refractivity contribution in [2.75, 3.05) is 13.1 Å². The van der Waals surface area contributed by atoms with Gasteiger partial charge in [-0.25, -0.2) is 4.39 Å². The van der Waals surface area contributed by atoms with Gasteiger partial charge in [-0.2, -0.15) is 0 Å². The number of halogens is 1. The molecule has 0 spiro atoms. The van der Waals surface area contributed by atoms with E-state index in [1.54, 1.807) is 19.1 Å². The zero-order valence-electron chi connectivity index (χ0n) is 16.8. The minimum atomic E-state index is -0.297. The van der Waals surface area contributed by atoms with Gasteiger partial charge in [0.05, 0.1) is 17.3 Å². The molecule has 0 amide bonds. The summed E-state index contributed by atoms with van der Waals surface area (Å²) >= 11 is 0. The van der Waals surface area contributed by atoms with Gasteiger partial charge in [-0.05, 0) is 75.5 Å². The fourth-order valence-electron chi connectivity index (χ4n) is 4.86. The molecule has 3 aromatic rings. The maximum Gasteiger partial charge on any atom is 0.141 e. The SMILES string of the molecule is Cc1noc(C)c1-c1cc(O[C@H]2c3ccccc3C[C@@H]2N2CCCC2)ccc1F. The van der Waals surface area contributed by atoms with Crippen molar-refractivity contribution < 1.29 is 13.7 Å². The van der Waals surface area contributed by atoms with Crippen molar-refractivity contribution >= 4 is 0 Å². The molecule has 2 atom stereocenters. The molecule has 1 aliphatic heterocycles. The van der Waals surface area contributed by atoms with Crippen molar-refractivity contribution in [3.8, 4) is 16.9 Å². The minimum Gasteiger partial charge on any atom is -0.484 e. The van der Waals surface area contributed by atoms with Crippen LogP contribution in [0.15, 0.2) is 47.0 Å². The summed E-state index contributed by atoms with van der Waals surface area (Å²) in [5.74, 6) is 0.988. The van der Waals surface area contributed by atoms with Gasteiger partial charge in [-0.3, -0.25) is 4.90 Å². The van der Waals surface area contributed by atoms with E-state index in [-0.39, 0.29) is 11.9 Å². The Balaban J connectivity index is 1.50. The topological polar surface area (TPSA) is 38.5 Å². The second kappa shape index (κ2) is 7.30.